The van der Waals surface area contributed by atoms with Crippen molar-refractivity contribution in [3.05, 3.63) is 11.5 Å². The van der Waals surface area contributed by atoms with Crippen molar-refractivity contribution in [1.82, 2.24) is 0 Å². The Labute approximate surface area is 65.5 Å². The van der Waals surface area contributed by atoms with Gasteiger partial charge in [-0.05, 0) is 13.8 Å². The lowest BCUT2D eigenvalue weighted by molar-refractivity contribution is 0.0648. The maximum Gasteiger partial charge on any atom is 0.197 e. The second-order valence-corrected chi connectivity index (χ2v) is 1.81. The Balaban J connectivity index is 0.000000371. The molecule has 0 spiro atoms. The van der Waals surface area contributed by atoms with Gasteiger partial charge >= 0.3 is 0 Å². The Morgan fingerprint density at radius 3 is 1.60 bits per heavy atom. The van der Waals surface area contributed by atoms with Crippen LogP contribution in [0.2, 0.25) is 0 Å². The van der Waals surface area contributed by atoms with Gasteiger partial charge in [0.05, 0.1) is 0 Å². The van der Waals surface area contributed by atoms with E-state index in [2.05, 4.69) is 12.5 Å². The molecule has 0 fully saturated rings. The van der Waals surface area contributed by atoms with Gasteiger partial charge < -0.3 is 9.47 Å². The molecule has 0 aliphatic carbocycles. The Kier molecular flexibility index (Phi) is 4.84. The first-order valence-corrected chi connectivity index (χ1v) is 3.24. The molecule has 0 aromatic heterocycles. The molecule has 0 radical (unpaired) electrons. The third kappa shape index (κ3) is 2.77. The van der Waals surface area contributed by atoms with E-state index >= 15 is 0 Å². The summed E-state index contributed by atoms with van der Waals surface area (Å²) in [5, 5.41) is 0. The van der Waals surface area contributed by atoms with Gasteiger partial charge in [-0.25, -0.2) is 0 Å². The minimum absolute atomic E-state index is 0.698. The molecule has 0 atom stereocenters. The lowest BCUT2D eigenvalue weighted by Crippen LogP contribution is -2.10. The number of ether oxygens (including phenoxy) is 2. The van der Waals surface area contributed by atoms with Crippen LogP contribution in [0.5, 0.6) is 0 Å². The summed E-state index contributed by atoms with van der Waals surface area (Å²) in [5.74, 6) is 1.83. The van der Waals surface area contributed by atoms with Gasteiger partial charge in [0, 0.05) is 0 Å². The first-order valence-electron chi connectivity index (χ1n) is 2.90. The van der Waals surface area contributed by atoms with Crippen LogP contribution in [-0.4, -0.2) is 17.4 Å². The van der Waals surface area contributed by atoms with E-state index in [0.29, 0.717) is 13.2 Å². The van der Waals surface area contributed by atoms with E-state index in [-0.39, 0.29) is 0 Å². The van der Waals surface area contributed by atoms with Crippen LogP contribution in [-0.2, 0) is 22.0 Å². The molecule has 0 aromatic carbocycles. The summed E-state index contributed by atoms with van der Waals surface area (Å²) in [5.41, 5.74) is 0. The van der Waals surface area contributed by atoms with Crippen molar-refractivity contribution in [3.63, 3.8) is 0 Å². The summed E-state index contributed by atoms with van der Waals surface area (Å²) in [7, 11) is 0. The fraction of sp³-hybridized carbons (Fsp3) is 0.667. The molecule has 1 heterocycles. The molecule has 1 rings (SSSR count). The average Bonchev–Trinajstić information content (AvgIpc) is 2.00. The van der Waals surface area contributed by atoms with Gasteiger partial charge in [-0.15, -0.1) is 0 Å². The van der Waals surface area contributed by atoms with E-state index in [1.54, 1.807) is 0 Å². The van der Waals surface area contributed by atoms with Crippen molar-refractivity contribution in [2.24, 2.45) is 0 Å². The molecule has 0 unspecified atom stereocenters. The van der Waals surface area contributed by atoms with E-state index in [1.807, 2.05) is 13.8 Å². The maximum absolute atomic E-state index is 7.83. The lowest BCUT2D eigenvalue weighted by Gasteiger charge is -2.16. The second kappa shape index (κ2) is 5.17. The molecular formula is C6H10O3S. The van der Waals surface area contributed by atoms with Gasteiger partial charge in [0.1, 0.15) is 24.7 Å². The highest BCUT2D eigenvalue weighted by Crippen LogP contribution is 2.10. The molecule has 0 bridgehead atoms. The van der Waals surface area contributed by atoms with Crippen molar-refractivity contribution in [2.45, 2.75) is 13.8 Å². The Bertz CT molecular complexity index is 119. The number of hydrogen-bond donors (Lipinski definition) is 0. The van der Waals surface area contributed by atoms with Gasteiger partial charge in [0.2, 0.25) is 0 Å². The highest BCUT2D eigenvalue weighted by molar-refractivity contribution is 7.44. The molecule has 1 aliphatic rings. The summed E-state index contributed by atoms with van der Waals surface area (Å²) in [4.78, 5) is 0. The van der Waals surface area contributed by atoms with Gasteiger partial charge in [0.15, 0.2) is 12.5 Å². The topological polar surface area (TPSA) is 35.5 Å². The maximum atomic E-state index is 7.83. The largest absolute Gasteiger partial charge is 0.491 e. The van der Waals surface area contributed by atoms with Crippen LogP contribution >= 0.6 is 0 Å². The quantitative estimate of drug-likeness (QED) is 0.531. The van der Waals surface area contributed by atoms with Crippen LogP contribution in [0.4, 0.5) is 0 Å². The van der Waals surface area contributed by atoms with Gasteiger partial charge in [0.25, 0.3) is 0 Å². The molecule has 4 heteroatoms. The van der Waals surface area contributed by atoms with Gasteiger partial charge in [-0.1, -0.05) is 0 Å². The number of allylic oxidation sites excluding steroid dienone is 2. The van der Waals surface area contributed by atoms with Crippen LogP contribution < -0.4 is 0 Å². The molecule has 0 aromatic rings. The van der Waals surface area contributed by atoms with Crippen LogP contribution in [0.25, 0.3) is 0 Å². The summed E-state index contributed by atoms with van der Waals surface area (Å²) < 4.78 is 18.1. The first kappa shape index (κ1) is 9.36. The minimum Gasteiger partial charge on any atom is -0.491 e. The summed E-state index contributed by atoms with van der Waals surface area (Å²) >= 11 is 2.83. The fourth-order valence-corrected chi connectivity index (χ4v) is 0.593. The van der Waals surface area contributed by atoms with Crippen molar-refractivity contribution in [1.29, 1.82) is 0 Å². The molecule has 0 amide bonds. The molecular weight excluding hydrogens is 152 g/mol. The van der Waals surface area contributed by atoms with Gasteiger partial charge in [-0.2, -0.15) is 4.21 Å². The van der Waals surface area contributed by atoms with Gasteiger partial charge in [-0.3, -0.25) is 0 Å². The highest BCUT2D eigenvalue weighted by Gasteiger charge is 2.04. The molecule has 1 aliphatic heterocycles. The summed E-state index contributed by atoms with van der Waals surface area (Å²) in [6.07, 6.45) is 0. The van der Waals surface area contributed by atoms with Crippen LogP contribution in [0, 0.1) is 0 Å². The number of hydrogen-bond acceptors (Lipinski definition) is 4. The molecule has 0 N–H and O–H groups in total. The normalized spacial score (nSPS) is 16.2. The second-order valence-electron chi connectivity index (χ2n) is 1.81. The third-order valence-corrected chi connectivity index (χ3v) is 1.22. The van der Waals surface area contributed by atoms with E-state index in [9.17, 15) is 0 Å². The Morgan fingerprint density at radius 1 is 1.10 bits per heavy atom. The van der Waals surface area contributed by atoms with Crippen molar-refractivity contribution < 1.29 is 13.7 Å². The monoisotopic (exact) mass is 162 g/mol. The molecule has 0 saturated heterocycles. The lowest BCUT2D eigenvalue weighted by atomic mass is 10.4. The van der Waals surface area contributed by atoms with Crippen LogP contribution in [0.15, 0.2) is 11.5 Å². The predicted octanol–water partition coefficient (Wildman–Crippen LogP) is 0.948. The smallest absolute Gasteiger partial charge is 0.197 e. The summed E-state index contributed by atoms with van der Waals surface area (Å²) in [6, 6.07) is 0. The Hall–Kier alpha value is -0.640. The predicted molar refractivity (Wildman–Crippen MR) is 38.4 cm³/mol. The molecule has 10 heavy (non-hydrogen) atoms. The third-order valence-electron chi connectivity index (χ3n) is 1.22. The van der Waals surface area contributed by atoms with Crippen LogP contribution in [0.1, 0.15) is 13.8 Å². The standard InChI is InChI=1S/C6H10O2.OS/c1-5-6(2)8-4-3-7-5;1-2/h3-4H2,1-2H3;. The zero-order chi connectivity index (χ0) is 7.98. The zero-order valence-electron chi connectivity index (χ0n) is 6.05. The SMILES string of the molecule is CC1=C(C)OCCO1.O=S. The zero-order valence-corrected chi connectivity index (χ0v) is 6.86. The number of rotatable bonds is 0. The van der Waals surface area contributed by atoms with E-state index in [1.165, 1.54) is 0 Å². The van der Waals surface area contributed by atoms with Crippen molar-refractivity contribution >= 4 is 12.5 Å². The van der Waals surface area contributed by atoms with Crippen molar-refractivity contribution in [3.8, 4) is 0 Å². The highest BCUT2D eigenvalue weighted by atomic mass is 32.1. The molecule has 3 nitrogen and oxygen atoms in total. The Morgan fingerprint density at radius 2 is 1.40 bits per heavy atom. The minimum atomic E-state index is 0.698. The van der Waals surface area contributed by atoms with E-state index < -0.39 is 0 Å². The van der Waals surface area contributed by atoms with Crippen LogP contribution in [0.3, 0.4) is 0 Å². The summed E-state index contributed by atoms with van der Waals surface area (Å²) in [6.45, 7) is 5.22. The molecule has 0 saturated carbocycles. The first-order chi connectivity index (χ1) is 4.80. The molecule has 58 valence electrons. The fourth-order valence-electron chi connectivity index (χ4n) is 0.593. The average molecular weight is 162 g/mol. The van der Waals surface area contributed by atoms with Crippen molar-refractivity contribution in [2.75, 3.05) is 13.2 Å². The van der Waals surface area contributed by atoms with E-state index in [4.69, 9.17) is 13.7 Å². The van der Waals surface area contributed by atoms with E-state index in [0.717, 1.165) is 11.5 Å².